The molecule has 4 rings (SSSR count). The summed E-state index contributed by atoms with van der Waals surface area (Å²) in [5, 5.41) is 70.1. The zero-order chi connectivity index (χ0) is 24.1. The van der Waals surface area contributed by atoms with Crippen molar-refractivity contribution >= 4 is 11.0 Å². The van der Waals surface area contributed by atoms with Crippen molar-refractivity contribution in [3.05, 3.63) is 46.6 Å². The van der Waals surface area contributed by atoms with Crippen LogP contribution in [0.3, 0.4) is 0 Å². The minimum atomic E-state index is -2.08. The minimum absolute atomic E-state index is 0.0390. The number of aliphatic hydroxyl groups excluding tert-OH is 3. The molecule has 0 spiro atoms. The number of phenols is 2. The van der Waals surface area contributed by atoms with E-state index < -0.39 is 53.7 Å². The molecule has 2 aromatic carbocycles. The number of benzene rings is 2. The van der Waals surface area contributed by atoms with Crippen molar-refractivity contribution in [3.63, 3.8) is 0 Å². The minimum Gasteiger partial charge on any atom is -0.508 e. The summed E-state index contributed by atoms with van der Waals surface area (Å²) >= 11 is 0. The molecular formula is C22H22O11. The van der Waals surface area contributed by atoms with E-state index in [1.165, 1.54) is 30.3 Å². The smallest absolute Gasteiger partial charge is 0.238 e. The lowest BCUT2D eigenvalue weighted by Crippen LogP contribution is -2.66. The number of fused-ring (bicyclic) bond motifs is 1. The number of ether oxygens (including phenoxy) is 2. The molecule has 11 heteroatoms. The molecule has 1 aliphatic heterocycles. The summed E-state index contributed by atoms with van der Waals surface area (Å²) in [6, 6.07) is 7.69. The molecule has 1 aromatic heterocycles. The van der Waals surface area contributed by atoms with Gasteiger partial charge in [0.05, 0.1) is 6.61 Å². The average molecular weight is 462 g/mol. The number of aliphatic hydroxyl groups is 4. The average Bonchev–Trinajstić information content (AvgIpc) is 2.77. The van der Waals surface area contributed by atoms with Crippen molar-refractivity contribution in [1.29, 1.82) is 0 Å². The Morgan fingerprint density at radius 3 is 2.36 bits per heavy atom. The summed E-state index contributed by atoms with van der Waals surface area (Å²) in [7, 11) is 0. The Hall–Kier alpha value is -3.35. The van der Waals surface area contributed by atoms with Crippen LogP contribution in [0.2, 0.25) is 0 Å². The van der Waals surface area contributed by atoms with Gasteiger partial charge in [0.25, 0.3) is 0 Å². The van der Waals surface area contributed by atoms with Gasteiger partial charge in [-0.3, -0.25) is 4.79 Å². The largest absolute Gasteiger partial charge is 0.508 e. The molecule has 0 bridgehead atoms. The van der Waals surface area contributed by atoms with Crippen LogP contribution >= 0.6 is 0 Å². The van der Waals surface area contributed by atoms with E-state index in [1.807, 2.05) is 0 Å². The number of hydrogen-bond acceptors (Lipinski definition) is 11. The molecule has 1 unspecified atom stereocenters. The first kappa shape index (κ1) is 22.8. The molecule has 11 nitrogen and oxygen atoms in total. The third-order valence-electron chi connectivity index (χ3n) is 5.60. The van der Waals surface area contributed by atoms with Crippen LogP contribution in [0.25, 0.3) is 22.3 Å². The number of hydrogen-bond donors (Lipinski definition) is 7. The summed E-state index contributed by atoms with van der Waals surface area (Å²) in [5.41, 5.74) is -2.90. The molecule has 0 aliphatic carbocycles. The zero-order valence-electron chi connectivity index (χ0n) is 17.2. The van der Waals surface area contributed by atoms with Crippen LogP contribution < -0.4 is 10.2 Å². The van der Waals surface area contributed by atoms with Crippen LogP contribution in [-0.4, -0.2) is 72.6 Å². The quantitative estimate of drug-likeness (QED) is 0.279. The highest BCUT2D eigenvalue weighted by Crippen LogP contribution is 2.37. The first-order chi connectivity index (χ1) is 15.5. The second-order valence-electron chi connectivity index (χ2n) is 7.93. The van der Waals surface area contributed by atoms with Crippen molar-refractivity contribution in [3.8, 4) is 34.3 Å². The lowest BCUT2D eigenvalue weighted by atomic mass is 9.86. The molecule has 33 heavy (non-hydrogen) atoms. The zero-order valence-corrected chi connectivity index (χ0v) is 17.2. The highest BCUT2D eigenvalue weighted by atomic mass is 16.7. The Labute approximate surface area is 185 Å². The van der Waals surface area contributed by atoms with Crippen molar-refractivity contribution in [1.82, 2.24) is 0 Å². The standard InChI is InChI=1S/C22H22O11/c1-22(30)19(28)14(8-23)33-21(20(22)29)31-11-6-12(25)15-13(7-11)32-18(17(27)16(15)26)9-2-4-10(24)5-3-9/h2-7,14,19-21,23-25,27-30H,8H2,1H3/t14-,19-,20+,21?,22+/m1/s1. The number of phenolic OH excluding ortho intramolecular Hbond substituents is 2. The molecular weight excluding hydrogens is 440 g/mol. The molecule has 1 aliphatic rings. The van der Waals surface area contributed by atoms with E-state index in [0.717, 1.165) is 13.0 Å². The predicted octanol–water partition coefficient (Wildman–Crippen LogP) is 0.146. The highest BCUT2D eigenvalue weighted by Gasteiger charge is 2.53. The van der Waals surface area contributed by atoms with Crippen LogP contribution in [0.4, 0.5) is 0 Å². The van der Waals surface area contributed by atoms with Crippen LogP contribution in [0, 0.1) is 0 Å². The summed E-state index contributed by atoms with van der Waals surface area (Å²) in [4.78, 5) is 12.7. The topological polar surface area (TPSA) is 190 Å². The Bertz CT molecular complexity index is 1230. The molecule has 3 aromatic rings. The second-order valence-corrected chi connectivity index (χ2v) is 7.93. The van der Waals surface area contributed by atoms with Gasteiger partial charge in [-0.1, -0.05) is 0 Å². The summed E-state index contributed by atoms with van der Waals surface area (Å²) in [5.74, 6) is -1.75. The molecule has 1 fully saturated rings. The SMILES string of the molecule is C[C@]1(O)[C@H](O)[C@@H](CO)OC(Oc2cc(O)c3c(=O)c(O)c(-c4ccc(O)cc4)oc3c2)[C@@H]1O. The van der Waals surface area contributed by atoms with Gasteiger partial charge < -0.3 is 49.6 Å². The van der Waals surface area contributed by atoms with Crippen LogP contribution in [0.1, 0.15) is 6.92 Å². The van der Waals surface area contributed by atoms with Gasteiger partial charge in [-0.25, -0.2) is 0 Å². The summed E-state index contributed by atoms with van der Waals surface area (Å²) in [6.07, 6.45) is -6.17. The fourth-order valence-electron chi connectivity index (χ4n) is 3.66. The number of rotatable bonds is 4. The molecule has 2 heterocycles. The van der Waals surface area contributed by atoms with Crippen molar-refractivity contribution < 1.29 is 49.6 Å². The van der Waals surface area contributed by atoms with Crippen molar-refractivity contribution in [2.24, 2.45) is 0 Å². The molecule has 0 saturated carbocycles. The maximum atomic E-state index is 12.7. The molecule has 1 saturated heterocycles. The predicted molar refractivity (Wildman–Crippen MR) is 112 cm³/mol. The Kier molecular flexibility index (Phi) is 5.68. The van der Waals surface area contributed by atoms with E-state index in [2.05, 4.69) is 0 Å². The first-order valence-corrected chi connectivity index (χ1v) is 9.88. The summed E-state index contributed by atoms with van der Waals surface area (Å²) in [6.45, 7) is 0.477. The van der Waals surface area contributed by atoms with E-state index in [1.54, 1.807) is 0 Å². The number of aromatic hydroxyl groups is 3. The third kappa shape index (κ3) is 3.86. The normalized spacial score (nSPS) is 27.5. The van der Waals surface area contributed by atoms with E-state index in [4.69, 9.17) is 13.9 Å². The fourth-order valence-corrected chi connectivity index (χ4v) is 3.66. The van der Waals surface area contributed by atoms with Gasteiger partial charge in [0.1, 0.15) is 52.1 Å². The van der Waals surface area contributed by atoms with E-state index in [0.29, 0.717) is 0 Å². The van der Waals surface area contributed by atoms with Gasteiger partial charge in [0.15, 0.2) is 5.76 Å². The van der Waals surface area contributed by atoms with E-state index in [9.17, 15) is 40.5 Å². The maximum absolute atomic E-state index is 12.7. The van der Waals surface area contributed by atoms with Gasteiger partial charge in [-0.2, -0.15) is 0 Å². The summed E-state index contributed by atoms with van der Waals surface area (Å²) < 4.78 is 16.5. The van der Waals surface area contributed by atoms with Crippen LogP contribution in [0.15, 0.2) is 45.6 Å². The van der Waals surface area contributed by atoms with Crippen LogP contribution in [0.5, 0.6) is 23.0 Å². The monoisotopic (exact) mass is 462 g/mol. The second kappa shape index (κ2) is 8.21. The van der Waals surface area contributed by atoms with Gasteiger partial charge in [0, 0.05) is 17.7 Å². The van der Waals surface area contributed by atoms with Crippen molar-refractivity contribution in [2.75, 3.05) is 6.61 Å². The molecule has 0 radical (unpaired) electrons. The Balaban J connectivity index is 1.76. The Morgan fingerprint density at radius 1 is 1.06 bits per heavy atom. The molecule has 7 N–H and O–H groups in total. The van der Waals surface area contributed by atoms with Gasteiger partial charge in [-0.15, -0.1) is 0 Å². The lowest BCUT2D eigenvalue weighted by molar-refractivity contribution is -0.308. The van der Waals surface area contributed by atoms with E-state index >= 15 is 0 Å². The van der Waals surface area contributed by atoms with Crippen molar-refractivity contribution in [2.45, 2.75) is 37.1 Å². The lowest BCUT2D eigenvalue weighted by Gasteiger charge is -2.45. The van der Waals surface area contributed by atoms with Gasteiger partial charge >= 0.3 is 0 Å². The molecule has 5 atom stereocenters. The van der Waals surface area contributed by atoms with Gasteiger partial charge in [0.2, 0.25) is 17.5 Å². The Morgan fingerprint density at radius 2 is 1.73 bits per heavy atom. The first-order valence-electron chi connectivity index (χ1n) is 9.88. The maximum Gasteiger partial charge on any atom is 0.238 e. The van der Waals surface area contributed by atoms with Crippen LogP contribution in [-0.2, 0) is 4.74 Å². The third-order valence-corrected chi connectivity index (χ3v) is 5.60. The van der Waals surface area contributed by atoms with Gasteiger partial charge in [-0.05, 0) is 31.2 Å². The highest BCUT2D eigenvalue weighted by molar-refractivity contribution is 5.88. The van der Waals surface area contributed by atoms with E-state index in [-0.39, 0.29) is 33.8 Å². The fraction of sp³-hybridized carbons (Fsp3) is 0.318. The molecule has 176 valence electrons. The molecule has 0 amide bonds.